The molecule has 2 aliphatic carbocycles. The normalized spacial score (nSPS) is 28.0. The van der Waals surface area contributed by atoms with Crippen LogP contribution in [0.15, 0.2) is 76.9 Å². The SMILES string of the molecule is CO[C@@]1(CCc2ccccc2O)CCC2=CC(=Nc3ccc(F)cc3)C(=CN)CC21C. The van der Waals surface area contributed by atoms with Crippen molar-refractivity contribution in [3.63, 3.8) is 0 Å². The van der Waals surface area contributed by atoms with Crippen molar-refractivity contribution in [1.82, 2.24) is 0 Å². The van der Waals surface area contributed by atoms with Crippen LogP contribution in [0.1, 0.15) is 38.2 Å². The van der Waals surface area contributed by atoms with E-state index in [1.807, 2.05) is 18.2 Å². The van der Waals surface area contributed by atoms with E-state index in [9.17, 15) is 9.50 Å². The number of ether oxygens (including phenoxy) is 1. The molecule has 3 N–H and O–H groups in total. The molecule has 1 unspecified atom stereocenters. The number of allylic oxidation sites excluding steroid dienone is 2. The summed E-state index contributed by atoms with van der Waals surface area (Å²) < 4.78 is 19.5. The highest BCUT2D eigenvalue weighted by molar-refractivity contribution is 6.11. The number of nitrogens with two attached hydrogens (primary N) is 1. The van der Waals surface area contributed by atoms with E-state index < -0.39 is 0 Å². The third kappa shape index (κ3) is 3.79. The summed E-state index contributed by atoms with van der Waals surface area (Å²) in [7, 11) is 1.78. The molecule has 4 nitrogen and oxygen atoms in total. The first-order valence-corrected chi connectivity index (χ1v) is 10.7. The Kier molecular flexibility index (Phi) is 5.71. The highest BCUT2D eigenvalue weighted by atomic mass is 19.1. The van der Waals surface area contributed by atoms with Gasteiger partial charge in [-0.1, -0.05) is 30.7 Å². The lowest BCUT2D eigenvalue weighted by Crippen LogP contribution is -2.46. The largest absolute Gasteiger partial charge is 0.508 e. The monoisotopic (exact) mass is 420 g/mol. The molecule has 0 aromatic heterocycles. The molecule has 0 radical (unpaired) electrons. The van der Waals surface area contributed by atoms with Crippen LogP contribution in [0.5, 0.6) is 5.75 Å². The Morgan fingerprint density at radius 2 is 1.94 bits per heavy atom. The lowest BCUT2D eigenvalue weighted by molar-refractivity contribution is -0.0816. The van der Waals surface area contributed by atoms with E-state index in [-0.39, 0.29) is 16.8 Å². The summed E-state index contributed by atoms with van der Waals surface area (Å²) in [5.74, 6) is 0.0470. The third-order valence-electron chi connectivity index (χ3n) is 7.15. The summed E-state index contributed by atoms with van der Waals surface area (Å²) in [4.78, 5) is 4.73. The lowest BCUT2D eigenvalue weighted by Gasteiger charge is -2.46. The number of rotatable bonds is 5. The van der Waals surface area contributed by atoms with Crippen LogP contribution in [-0.2, 0) is 11.2 Å². The van der Waals surface area contributed by atoms with E-state index in [1.54, 1.807) is 31.5 Å². The molecule has 0 saturated heterocycles. The zero-order valence-corrected chi connectivity index (χ0v) is 18.1. The van der Waals surface area contributed by atoms with Crippen molar-refractivity contribution < 1.29 is 14.2 Å². The molecule has 2 aliphatic rings. The molecular formula is C26H29FN2O2. The predicted octanol–water partition coefficient (Wildman–Crippen LogP) is 5.59. The van der Waals surface area contributed by atoms with Crippen LogP contribution >= 0.6 is 0 Å². The molecule has 2 aromatic carbocycles. The van der Waals surface area contributed by atoms with Gasteiger partial charge in [0.05, 0.1) is 17.0 Å². The van der Waals surface area contributed by atoms with Gasteiger partial charge in [0.15, 0.2) is 0 Å². The van der Waals surface area contributed by atoms with Crippen LogP contribution in [0.3, 0.4) is 0 Å². The van der Waals surface area contributed by atoms with Gasteiger partial charge >= 0.3 is 0 Å². The fourth-order valence-corrected chi connectivity index (χ4v) is 5.21. The molecule has 2 aromatic rings. The lowest BCUT2D eigenvalue weighted by atomic mass is 9.64. The van der Waals surface area contributed by atoms with Gasteiger partial charge in [-0.05, 0) is 85.8 Å². The van der Waals surface area contributed by atoms with Crippen LogP contribution in [0.25, 0.3) is 0 Å². The number of fused-ring (bicyclic) bond motifs is 1. The molecule has 31 heavy (non-hydrogen) atoms. The minimum absolute atomic E-state index is 0.209. The molecule has 0 bridgehead atoms. The average molecular weight is 421 g/mol. The molecule has 1 saturated carbocycles. The molecule has 162 valence electrons. The number of halogens is 1. The smallest absolute Gasteiger partial charge is 0.123 e. The third-order valence-corrected chi connectivity index (χ3v) is 7.15. The summed E-state index contributed by atoms with van der Waals surface area (Å²) in [5, 5.41) is 10.2. The zero-order chi connectivity index (χ0) is 22.1. The maximum atomic E-state index is 13.3. The molecule has 0 aliphatic heterocycles. The predicted molar refractivity (Wildman–Crippen MR) is 122 cm³/mol. The number of methoxy groups -OCH3 is 1. The quantitative estimate of drug-likeness (QED) is 0.662. The van der Waals surface area contributed by atoms with Gasteiger partial charge in [0.2, 0.25) is 0 Å². The molecule has 0 amide bonds. The highest BCUT2D eigenvalue weighted by Gasteiger charge is 2.56. The van der Waals surface area contributed by atoms with Gasteiger partial charge in [-0.2, -0.15) is 0 Å². The second kappa shape index (κ2) is 8.31. The number of aromatic hydroxyl groups is 1. The molecule has 1 fully saturated rings. The van der Waals surface area contributed by atoms with Crippen LogP contribution < -0.4 is 5.73 Å². The Hall–Kier alpha value is -2.92. The number of aryl methyl sites for hydroxylation is 1. The van der Waals surface area contributed by atoms with E-state index in [1.165, 1.54) is 17.7 Å². The number of aliphatic imine (C=N–C) groups is 1. The topological polar surface area (TPSA) is 67.8 Å². The van der Waals surface area contributed by atoms with Crippen molar-refractivity contribution in [3.8, 4) is 5.75 Å². The molecule has 5 heteroatoms. The van der Waals surface area contributed by atoms with Crippen molar-refractivity contribution in [2.75, 3.05) is 7.11 Å². The second-order valence-electron chi connectivity index (χ2n) is 8.67. The first kappa shape index (κ1) is 21.3. The fraction of sp³-hybridized carbons (Fsp3) is 0.346. The van der Waals surface area contributed by atoms with Gasteiger partial charge in [0, 0.05) is 12.5 Å². The Morgan fingerprint density at radius 1 is 1.19 bits per heavy atom. The minimum atomic E-state index is -0.350. The van der Waals surface area contributed by atoms with Crippen molar-refractivity contribution in [1.29, 1.82) is 0 Å². The van der Waals surface area contributed by atoms with Crippen molar-refractivity contribution in [2.45, 2.75) is 44.6 Å². The summed E-state index contributed by atoms with van der Waals surface area (Å²) >= 11 is 0. The maximum absolute atomic E-state index is 13.3. The number of hydrogen-bond donors (Lipinski definition) is 2. The van der Waals surface area contributed by atoms with Crippen LogP contribution in [-0.4, -0.2) is 23.5 Å². The molecule has 2 atom stereocenters. The summed E-state index contributed by atoms with van der Waals surface area (Å²) in [5.41, 5.74) is 10.2. The molecule has 0 heterocycles. The van der Waals surface area contributed by atoms with Gasteiger partial charge in [0.1, 0.15) is 11.6 Å². The summed E-state index contributed by atoms with van der Waals surface area (Å²) in [6, 6.07) is 13.6. The first-order chi connectivity index (χ1) is 14.9. The van der Waals surface area contributed by atoms with Crippen LogP contribution in [0.4, 0.5) is 10.1 Å². The van der Waals surface area contributed by atoms with Gasteiger partial charge in [0.25, 0.3) is 0 Å². The van der Waals surface area contributed by atoms with Crippen molar-refractivity contribution >= 4 is 11.4 Å². The molecule has 0 spiro atoms. The van der Waals surface area contributed by atoms with Gasteiger partial charge in [-0.15, -0.1) is 0 Å². The first-order valence-electron chi connectivity index (χ1n) is 10.7. The van der Waals surface area contributed by atoms with Gasteiger partial charge in [-0.25, -0.2) is 9.38 Å². The number of benzene rings is 2. The number of phenols is 1. The fourth-order valence-electron chi connectivity index (χ4n) is 5.21. The number of para-hydroxylation sites is 1. The molecular weight excluding hydrogens is 391 g/mol. The Balaban J connectivity index is 1.66. The summed E-state index contributed by atoms with van der Waals surface area (Å²) in [6.45, 7) is 2.25. The van der Waals surface area contributed by atoms with Crippen molar-refractivity contribution in [3.05, 3.63) is 83.3 Å². The molecule has 4 rings (SSSR count). The number of nitrogens with zero attached hydrogens (tertiary/aromatic N) is 1. The average Bonchev–Trinajstić information content (AvgIpc) is 3.06. The highest BCUT2D eigenvalue weighted by Crippen LogP contribution is 2.59. The second-order valence-corrected chi connectivity index (χ2v) is 8.67. The number of phenolic OH excluding ortho intramolecular Hbond substituents is 1. The maximum Gasteiger partial charge on any atom is 0.123 e. The standard InChI is InChI=1S/C26H29FN2O2/c1-25-16-19(17-28)23(29-22-9-7-21(27)8-10-22)15-20(25)12-14-26(25,31-2)13-11-18-5-3-4-6-24(18)30/h3-10,15,17,30H,11-14,16,28H2,1-2H3/t25?,26-/m0/s1. The van der Waals surface area contributed by atoms with Crippen LogP contribution in [0.2, 0.25) is 0 Å². The summed E-state index contributed by atoms with van der Waals surface area (Å²) in [6.07, 6.45) is 7.85. The van der Waals surface area contributed by atoms with Gasteiger partial charge < -0.3 is 15.6 Å². The van der Waals surface area contributed by atoms with E-state index in [0.29, 0.717) is 11.4 Å². The Labute approximate surface area is 183 Å². The van der Waals surface area contributed by atoms with E-state index in [2.05, 4.69) is 13.0 Å². The van der Waals surface area contributed by atoms with E-state index in [0.717, 1.165) is 49.0 Å². The van der Waals surface area contributed by atoms with Gasteiger partial charge in [-0.3, -0.25) is 0 Å². The minimum Gasteiger partial charge on any atom is -0.508 e. The van der Waals surface area contributed by atoms with Crippen LogP contribution in [0, 0.1) is 11.2 Å². The van der Waals surface area contributed by atoms with Crippen molar-refractivity contribution in [2.24, 2.45) is 16.1 Å². The number of hydrogen-bond acceptors (Lipinski definition) is 4. The Morgan fingerprint density at radius 3 is 2.61 bits per heavy atom. The Bertz CT molecular complexity index is 1060. The van der Waals surface area contributed by atoms with E-state index >= 15 is 0 Å². The van der Waals surface area contributed by atoms with E-state index in [4.69, 9.17) is 15.5 Å². The zero-order valence-electron chi connectivity index (χ0n) is 18.1.